The first-order valence-electron chi connectivity index (χ1n) is 8.27. The minimum atomic E-state index is 0.0643. The fourth-order valence-corrected chi connectivity index (χ4v) is 3.23. The molecule has 0 aliphatic carbocycles. The summed E-state index contributed by atoms with van der Waals surface area (Å²) in [5, 5.41) is 9.68. The van der Waals surface area contributed by atoms with Gasteiger partial charge in [0.05, 0.1) is 0 Å². The molecule has 1 aliphatic heterocycles. The molecule has 0 spiro atoms. The number of carbonyl (C=O) groups is 1. The predicted octanol–water partition coefficient (Wildman–Crippen LogP) is 0.199. The van der Waals surface area contributed by atoms with Gasteiger partial charge in [0, 0.05) is 58.5 Å². The number of aliphatic hydroxyl groups excluding tert-OH is 1. The van der Waals surface area contributed by atoms with E-state index in [4.69, 9.17) is 0 Å². The third-order valence-electron chi connectivity index (χ3n) is 4.74. The Kier molecular flexibility index (Phi) is 6.21. The maximum Gasteiger partial charge on any atom is 0.270 e. The van der Waals surface area contributed by atoms with Gasteiger partial charge in [-0.1, -0.05) is 0 Å². The Morgan fingerprint density at radius 2 is 1.96 bits per heavy atom. The van der Waals surface area contributed by atoms with Crippen molar-refractivity contribution < 1.29 is 9.90 Å². The number of aromatic nitrogens is 1. The van der Waals surface area contributed by atoms with E-state index >= 15 is 0 Å². The molecule has 0 aromatic carbocycles. The van der Waals surface area contributed by atoms with Crippen molar-refractivity contribution in [2.45, 2.75) is 0 Å². The molecule has 0 radical (unpaired) electrons. The van der Waals surface area contributed by atoms with Gasteiger partial charge in [0.25, 0.3) is 5.91 Å². The lowest BCUT2D eigenvalue weighted by Crippen LogP contribution is -2.35. The molecule has 1 amide bonds. The summed E-state index contributed by atoms with van der Waals surface area (Å²) in [5.74, 6) is 0.562. The molecule has 0 unspecified atom stereocenters. The monoisotopic (exact) mass is 322 g/mol. The third kappa shape index (κ3) is 4.56. The lowest BCUT2D eigenvalue weighted by molar-refractivity contribution is 0.0770. The first kappa shape index (κ1) is 18.0. The fourth-order valence-electron chi connectivity index (χ4n) is 3.23. The second-order valence-corrected chi connectivity index (χ2v) is 6.98. The Hall–Kier alpha value is -1.37. The van der Waals surface area contributed by atoms with E-state index < -0.39 is 0 Å². The second kappa shape index (κ2) is 7.95. The summed E-state index contributed by atoms with van der Waals surface area (Å²) in [6.45, 7) is 4.43. The van der Waals surface area contributed by atoms with Crippen molar-refractivity contribution in [2.75, 3.05) is 60.5 Å². The highest BCUT2D eigenvalue weighted by molar-refractivity contribution is 5.93. The third-order valence-corrected chi connectivity index (χ3v) is 4.74. The SMILES string of the molecule is CN(C)CCN(C)C[C@@H]1CN(C(=O)c2cccn2C)C[C@@H]1CO. The number of hydrogen-bond donors (Lipinski definition) is 1. The van der Waals surface area contributed by atoms with Gasteiger partial charge in [-0.2, -0.15) is 0 Å². The fraction of sp³-hybridized carbons (Fsp3) is 0.706. The van der Waals surface area contributed by atoms with E-state index in [1.54, 1.807) is 0 Å². The zero-order valence-corrected chi connectivity index (χ0v) is 14.8. The van der Waals surface area contributed by atoms with E-state index in [-0.39, 0.29) is 18.4 Å². The van der Waals surface area contributed by atoms with Crippen LogP contribution in [-0.4, -0.2) is 90.8 Å². The zero-order chi connectivity index (χ0) is 17.0. The smallest absolute Gasteiger partial charge is 0.270 e. The average molecular weight is 322 g/mol. The van der Waals surface area contributed by atoms with Crippen LogP contribution in [0.5, 0.6) is 0 Å². The van der Waals surface area contributed by atoms with Crippen LogP contribution in [0.15, 0.2) is 18.3 Å². The van der Waals surface area contributed by atoms with Crippen LogP contribution >= 0.6 is 0 Å². The quantitative estimate of drug-likeness (QED) is 0.779. The Bertz CT molecular complexity index is 514. The average Bonchev–Trinajstić information content (AvgIpc) is 3.10. The zero-order valence-electron chi connectivity index (χ0n) is 14.8. The summed E-state index contributed by atoms with van der Waals surface area (Å²) in [6.07, 6.45) is 1.89. The highest BCUT2D eigenvalue weighted by Crippen LogP contribution is 2.25. The molecule has 1 N–H and O–H groups in total. The number of aryl methyl sites for hydroxylation is 1. The highest BCUT2D eigenvalue weighted by Gasteiger charge is 2.36. The van der Waals surface area contributed by atoms with Gasteiger partial charge >= 0.3 is 0 Å². The van der Waals surface area contributed by atoms with E-state index in [1.807, 2.05) is 34.8 Å². The lowest BCUT2D eigenvalue weighted by Gasteiger charge is -2.25. The Labute approximate surface area is 139 Å². The molecule has 6 heteroatoms. The Balaban J connectivity index is 1.94. The van der Waals surface area contributed by atoms with Crippen LogP contribution in [-0.2, 0) is 7.05 Å². The van der Waals surface area contributed by atoms with Crippen LogP contribution < -0.4 is 0 Å². The van der Waals surface area contributed by atoms with Crippen LogP contribution in [0.25, 0.3) is 0 Å². The predicted molar refractivity (Wildman–Crippen MR) is 91.4 cm³/mol. The number of carbonyl (C=O) groups excluding carboxylic acids is 1. The number of aliphatic hydroxyl groups is 1. The van der Waals surface area contributed by atoms with Crippen LogP contribution in [0.2, 0.25) is 0 Å². The molecule has 2 heterocycles. The molecule has 130 valence electrons. The maximum absolute atomic E-state index is 12.6. The van der Waals surface area contributed by atoms with E-state index in [0.717, 1.165) is 26.2 Å². The van der Waals surface area contributed by atoms with Crippen molar-refractivity contribution in [3.63, 3.8) is 0 Å². The van der Waals surface area contributed by atoms with Gasteiger partial charge < -0.3 is 24.4 Å². The van der Waals surface area contributed by atoms with E-state index in [0.29, 0.717) is 18.2 Å². The van der Waals surface area contributed by atoms with Gasteiger partial charge in [0.15, 0.2) is 0 Å². The summed E-state index contributed by atoms with van der Waals surface area (Å²) >= 11 is 0. The topological polar surface area (TPSA) is 52.0 Å². The lowest BCUT2D eigenvalue weighted by atomic mass is 9.96. The van der Waals surface area contributed by atoms with Crippen molar-refractivity contribution >= 4 is 5.91 Å². The number of likely N-dealkylation sites (tertiary alicyclic amines) is 1. The van der Waals surface area contributed by atoms with E-state index in [9.17, 15) is 9.90 Å². The Morgan fingerprint density at radius 1 is 1.26 bits per heavy atom. The maximum atomic E-state index is 12.6. The van der Waals surface area contributed by atoms with E-state index in [1.165, 1.54) is 0 Å². The molecule has 1 aromatic heterocycles. The van der Waals surface area contributed by atoms with Crippen LogP contribution in [0.1, 0.15) is 10.5 Å². The van der Waals surface area contributed by atoms with Crippen molar-refractivity contribution in [3.05, 3.63) is 24.0 Å². The molecule has 0 bridgehead atoms. The first-order valence-corrected chi connectivity index (χ1v) is 8.27. The molecule has 1 fully saturated rings. The number of hydrogen-bond acceptors (Lipinski definition) is 4. The molecule has 23 heavy (non-hydrogen) atoms. The Morgan fingerprint density at radius 3 is 2.52 bits per heavy atom. The normalized spacial score (nSPS) is 21.6. The standard InChI is InChI=1S/C17H30N4O2/c1-18(2)8-9-19(3)10-14-11-21(12-15(14)13-22)17(23)16-6-5-7-20(16)4/h5-7,14-15,22H,8-13H2,1-4H3/t14-,15-/m1/s1. The molecule has 1 aromatic rings. The summed E-state index contributed by atoms with van der Waals surface area (Å²) in [7, 11) is 8.14. The molecule has 1 aliphatic rings. The van der Waals surface area contributed by atoms with Gasteiger partial charge in [0.1, 0.15) is 5.69 Å². The van der Waals surface area contributed by atoms with E-state index in [2.05, 4.69) is 30.9 Å². The first-order chi connectivity index (χ1) is 10.9. The minimum absolute atomic E-state index is 0.0643. The van der Waals surface area contributed by atoms with Crippen molar-refractivity contribution in [1.29, 1.82) is 0 Å². The molecular formula is C17H30N4O2. The van der Waals surface area contributed by atoms with Crippen LogP contribution in [0, 0.1) is 11.8 Å². The van der Waals surface area contributed by atoms with Gasteiger partial charge in [0.2, 0.25) is 0 Å². The van der Waals surface area contributed by atoms with Gasteiger partial charge in [-0.15, -0.1) is 0 Å². The van der Waals surface area contributed by atoms with Gasteiger partial charge in [-0.25, -0.2) is 0 Å². The molecule has 1 saturated heterocycles. The largest absolute Gasteiger partial charge is 0.396 e. The van der Waals surface area contributed by atoms with Crippen LogP contribution in [0.3, 0.4) is 0 Å². The van der Waals surface area contributed by atoms with Gasteiger partial charge in [-0.3, -0.25) is 4.79 Å². The van der Waals surface area contributed by atoms with Crippen molar-refractivity contribution in [2.24, 2.45) is 18.9 Å². The van der Waals surface area contributed by atoms with Crippen LogP contribution in [0.4, 0.5) is 0 Å². The number of amides is 1. The molecule has 2 rings (SSSR count). The second-order valence-electron chi connectivity index (χ2n) is 6.98. The molecular weight excluding hydrogens is 292 g/mol. The van der Waals surface area contributed by atoms with Crippen molar-refractivity contribution in [3.8, 4) is 0 Å². The summed E-state index contributed by atoms with van der Waals surface area (Å²) in [4.78, 5) is 19.0. The van der Waals surface area contributed by atoms with Gasteiger partial charge in [-0.05, 0) is 39.2 Å². The summed E-state index contributed by atoms with van der Waals surface area (Å²) in [6, 6.07) is 3.74. The summed E-state index contributed by atoms with van der Waals surface area (Å²) < 4.78 is 1.85. The number of likely N-dealkylation sites (N-methyl/N-ethyl adjacent to an activating group) is 2. The minimum Gasteiger partial charge on any atom is -0.396 e. The van der Waals surface area contributed by atoms with Crippen molar-refractivity contribution in [1.82, 2.24) is 19.3 Å². The highest BCUT2D eigenvalue weighted by atomic mass is 16.3. The number of rotatable bonds is 7. The molecule has 0 saturated carbocycles. The molecule has 6 nitrogen and oxygen atoms in total. The molecule has 2 atom stereocenters. The number of nitrogens with zero attached hydrogens (tertiary/aromatic N) is 4. The summed E-state index contributed by atoms with van der Waals surface area (Å²) in [5.41, 5.74) is 0.711.